The number of ether oxygens (including phenoxy) is 1. The van der Waals surface area contributed by atoms with E-state index in [2.05, 4.69) is 47.6 Å². The van der Waals surface area contributed by atoms with Crippen molar-refractivity contribution in [2.45, 2.75) is 33.1 Å². The number of hydrogen-bond donors (Lipinski definition) is 2. The molecule has 2 aromatic rings. The highest BCUT2D eigenvalue weighted by Gasteiger charge is 2.18. The van der Waals surface area contributed by atoms with Crippen LogP contribution in [0.5, 0.6) is 5.75 Å². The summed E-state index contributed by atoms with van der Waals surface area (Å²) < 4.78 is 6.23. The van der Waals surface area contributed by atoms with Crippen molar-refractivity contribution in [2.75, 3.05) is 6.61 Å². The molecule has 2 aromatic carbocycles. The number of rotatable bonds is 4. The summed E-state index contributed by atoms with van der Waals surface area (Å²) in [6.45, 7) is 7.90. The number of nitrogens with one attached hydrogen (secondary N) is 2. The Morgan fingerprint density at radius 1 is 1.11 bits per heavy atom. The number of amides is 2. The molecule has 0 radical (unpaired) electrons. The Bertz CT molecular complexity index is 863. The van der Waals surface area contributed by atoms with Crippen LogP contribution in [0.2, 0.25) is 5.02 Å². The maximum atomic E-state index is 12.2. The van der Waals surface area contributed by atoms with Crippen LogP contribution in [-0.4, -0.2) is 18.4 Å². The van der Waals surface area contributed by atoms with E-state index in [0.717, 1.165) is 15.6 Å². The van der Waals surface area contributed by atoms with Gasteiger partial charge in [-0.25, -0.2) is 0 Å². The zero-order valence-corrected chi connectivity index (χ0v) is 18.0. The smallest absolute Gasteiger partial charge is 0.276 e. The van der Waals surface area contributed by atoms with E-state index < -0.39 is 11.8 Å². The van der Waals surface area contributed by atoms with E-state index in [4.69, 9.17) is 16.3 Å². The number of hydrazine groups is 1. The van der Waals surface area contributed by atoms with Crippen LogP contribution in [0.25, 0.3) is 0 Å². The Morgan fingerprint density at radius 3 is 2.41 bits per heavy atom. The summed E-state index contributed by atoms with van der Waals surface area (Å²) in [7, 11) is 0. The van der Waals surface area contributed by atoms with Crippen LogP contribution in [0.1, 0.15) is 42.3 Å². The van der Waals surface area contributed by atoms with Crippen molar-refractivity contribution in [1.29, 1.82) is 0 Å². The molecule has 0 saturated carbocycles. The SMILES string of the molecule is Cc1cc(OCC(=O)NNC(=O)c2ccc(C(C)(C)C)c(Br)c2)ccc1Cl. The first-order valence-corrected chi connectivity index (χ1v) is 9.53. The lowest BCUT2D eigenvalue weighted by atomic mass is 9.86. The quantitative estimate of drug-likeness (QED) is 0.668. The molecule has 2 amide bonds. The summed E-state index contributed by atoms with van der Waals surface area (Å²) >= 11 is 9.44. The average molecular weight is 454 g/mol. The number of carbonyl (C=O) groups excluding carboxylic acids is 2. The van der Waals surface area contributed by atoms with E-state index in [1.807, 2.05) is 13.0 Å². The van der Waals surface area contributed by atoms with Gasteiger partial charge >= 0.3 is 0 Å². The van der Waals surface area contributed by atoms with Crippen LogP contribution in [0.4, 0.5) is 0 Å². The first-order valence-electron chi connectivity index (χ1n) is 8.36. The molecule has 0 aliphatic heterocycles. The molecule has 2 N–H and O–H groups in total. The molecule has 144 valence electrons. The monoisotopic (exact) mass is 452 g/mol. The first-order chi connectivity index (χ1) is 12.6. The molecule has 0 fully saturated rings. The third kappa shape index (κ3) is 5.97. The van der Waals surface area contributed by atoms with Crippen LogP contribution in [0.3, 0.4) is 0 Å². The van der Waals surface area contributed by atoms with Crippen molar-refractivity contribution in [2.24, 2.45) is 0 Å². The molecule has 0 atom stereocenters. The maximum Gasteiger partial charge on any atom is 0.276 e. The van der Waals surface area contributed by atoms with Gasteiger partial charge in [0.25, 0.3) is 11.8 Å². The van der Waals surface area contributed by atoms with Crippen molar-refractivity contribution in [3.05, 3.63) is 62.6 Å². The van der Waals surface area contributed by atoms with Crippen LogP contribution in [0.15, 0.2) is 40.9 Å². The van der Waals surface area contributed by atoms with Gasteiger partial charge in [-0.3, -0.25) is 20.4 Å². The number of hydrogen-bond acceptors (Lipinski definition) is 3. The fourth-order valence-corrected chi connectivity index (χ4v) is 3.45. The van der Waals surface area contributed by atoms with E-state index >= 15 is 0 Å². The summed E-state index contributed by atoms with van der Waals surface area (Å²) in [6.07, 6.45) is 0. The lowest BCUT2D eigenvalue weighted by Crippen LogP contribution is -2.43. The second-order valence-corrected chi connectivity index (χ2v) is 8.41. The molecule has 0 saturated heterocycles. The molecule has 2 rings (SSSR count). The second-order valence-electron chi connectivity index (χ2n) is 7.15. The van der Waals surface area contributed by atoms with Gasteiger partial charge in [0.2, 0.25) is 0 Å². The highest BCUT2D eigenvalue weighted by atomic mass is 79.9. The molecule has 0 heterocycles. The molecule has 0 bridgehead atoms. The Balaban J connectivity index is 1.88. The minimum Gasteiger partial charge on any atom is -0.484 e. The largest absolute Gasteiger partial charge is 0.484 e. The summed E-state index contributed by atoms with van der Waals surface area (Å²) in [5, 5.41) is 0.628. The predicted molar refractivity (Wildman–Crippen MR) is 110 cm³/mol. The van der Waals surface area contributed by atoms with Crippen LogP contribution >= 0.6 is 27.5 Å². The van der Waals surface area contributed by atoms with Gasteiger partial charge in [0, 0.05) is 15.1 Å². The maximum absolute atomic E-state index is 12.2. The van der Waals surface area contributed by atoms with Crippen molar-refractivity contribution >= 4 is 39.3 Å². The number of carbonyl (C=O) groups is 2. The Morgan fingerprint density at radius 2 is 1.81 bits per heavy atom. The lowest BCUT2D eigenvalue weighted by Gasteiger charge is -2.21. The Hall–Kier alpha value is -2.05. The Labute approximate surface area is 172 Å². The van der Waals surface area contributed by atoms with Gasteiger partial charge in [0.05, 0.1) is 0 Å². The van der Waals surface area contributed by atoms with Gasteiger partial charge in [-0.15, -0.1) is 0 Å². The van der Waals surface area contributed by atoms with Crippen LogP contribution in [-0.2, 0) is 10.2 Å². The molecule has 0 aliphatic rings. The summed E-state index contributed by atoms with van der Waals surface area (Å²) in [5.74, 6) is -0.353. The lowest BCUT2D eigenvalue weighted by molar-refractivity contribution is -0.123. The zero-order valence-electron chi connectivity index (χ0n) is 15.7. The highest BCUT2D eigenvalue weighted by Crippen LogP contribution is 2.30. The van der Waals surface area contributed by atoms with Crippen molar-refractivity contribution in [3.63, 3.8) is 0 Å². The fourth-order valence-electron chi connectivity index (χ4n) is 2.36. The van der Waals surface area contributed by atoms with Gasteiger partial charge in [-0.2, -0.15) is 0 Å². The molecule has 0 aromatic heterocycles. The molecule has 0 unspecified atom stereocenters. The van der Waals surface area contributed by atoms with Crippen molar-refractivity contribution < 1.29 is 14.3 Å². The van der Waals surface area contributed by atoms with Gasteiger partial charge in [-0.1, -0.05) is 54.4 Å². The summed E-state index contributed by atoms with van der Waals surface area (Å²) in [5.41, 5.74) is 7.06. The second kappa shape index (κ2) is 8.76. The average Bonchev–Trinajstić information content (AvgIpc) is 2.59. The molecule has 0 aliphatic carbocycles. The molecular weight excluding hydrogens is 432 g/mol. The molecule has 7 heteroatoms. The van der Waals surface area contributed by atoms with E-state index in [1.165, 1.54) is 0 Å². The van der Waals surface area contributed by atoms with Gasteiger partial charge in [-0.05, 0) is 53.8 Å². The third-order valence-corrected chi connectivity index (χ3v) is 4.93. The van der Waals surface area contributed by atoms with E-state index in [-0.39, 0.29) is 12.0 Å². The summed E-state index contributed by atoms with van der Waals surface area (Å²) in [6, 6.07) is 10.5. The predicted octanol–water partition coefficient (Wildman–Crippen LogP) is 4.55. The standard InChI is InChI=1S/C20H22BrClN2O3/c1-12-9-14(6-8-17(12)22)27-11-18(25)23-24-19(26)13-5-7-15(16(21)10-13)20(2,3)4/h5-10H,11H2,1-4H3,(H,23,25)(H,24,26). The summed E-state index contributed by atoms with van der Waals surface area (Å²) in [4.78, 5) is 24.1. The van der Waals surface area contributed by atoms with Crippen LogP contribution in [0, 0.1) is 6.92 Å². The van der Waals surface area contributed by atoms with Crippen LogP contribution < -0.4 is 15.6 Å². The van der Waals surface area contributed by atoms with E-state index in [1.54, 1.807) is 30.3 Å². The normalized spacial score (nSPS) is 11.0. The van der Waals surface area contributed by atoms with E-state index in [0.29, 0.717) is 16.3 Å². The van der Waals surface area contributed by atoms with Gasteiger partial charge in [0.1, 0.15) is 5.75 Å². The molecule has 27 heavy (non-hydrogen) atoms. The van der Waals surface area contributed by atoms with Crippen molar-refractivity contribution in [1.82, 2.24) is 10.9 Å². The first kappa shape index (κ1) is 21.3. The minimum absolute atomic E-state index is 0.0422. The molecule has 5 nitrogen and oxygen atoms in total. The number of aryl methyl sites for hydroxylation is 1. The van der Waals surface area contributed by atoms with Crippen molar-refractivity contribution in [3.8, 4) is 5.75 Å². The zero-order chi connectivity index (χ0) is 20.2. The third-order valence-electron chi connectivity index (χ3n) is 3.85. The Kier molecular flexibility index (Phi) is 6.89. The number of halogens is 2. The topological polar surface area (TPSA) is 67.4 Å². The molecular formula is C20H22BrClN2O3. The van der Waals surface area contributed by atoms with Gasteiger partial charge in [0.15, 0.2) is 6.61 Å². The van der Waals surface area contributed by atoms with E-state index in [9.17, 15) is 9.59 Å². The minimum atomic E-state index is -0.471. The number of benzene rings is 2. The van der Waals surface area contributed by atoms with Gasteiger partial charge < -0.3 is 4.74 Å². The highest BCUT2D eigenvalue weighted by molar-refractivity contribution is 9.10. The fraction of sp³-hybridized carbons (Fsp3) is 0.300. The molecule has 0 spiro atoms.